The standard InChI is InChI=1S/C18H18N2S2/c1-5-19-15-9-13-14-10-16(20-6-2)12(4)8-18(14)22-21-17(13)7-11(15)3/h5-10H,1-4H3. The summed E-state index contributed by atoms with van der Waals surface area (Å²) >= 11 is 0. The van der Waals surface area contributed by atoms with Crippen LogP contribution in [0, 0.1) is 13.8 Å². The van der Waals surface area contributed by atoms with Gasteiger partial charge in [0.1, 0.15) is 0 Å². The number of benzene rings is 2. The summed E-state index contributed by atoms with van der Waals surface area (Å²) in [7, 11) is 3.65. The first-order chi connectivity index (χ1) is 10.6. The van der Waals surface area contributed by atoms with E-state index in [1.165, 1.54) is 32.0 Å². The molecule has 0 spiro atoms. The molecule has 1 aliphatic heterocycles. The first kappa shape index (κ1) is 15.4. The number of rotatable bonds is 2. The summed E-state index contributed by atoms with van der Waals surface area (Å²) in [6, 6.07) is 8.87. The Labute approximate surface area is 139 Å². The topological polar surface area (TPSA) is 24.7 Å². The van der Waals surface area contributed by atoms with Crippen LogP contribution in [-0.2, 0) is 0 Å². The van der Waals surface area contributed by atoms with Gasteiger partial charge >= 0.3 is 0 Å². The van der Waals surface area contributed by atoms with Crippen molar-refractivity contribution in [3.05, 3.63) is 35.4 Å². The summed E-state index contributed by atoms with van der Waals surface area (Å²) in [5, 5.41) is 0. The lowest BCUT2D eigenvalue weighted by atomic mass is 10.00. The lowest BCUT2D eigenvalue weighted by Crippen LogP contribution is -1.92. The Morgan fingerprint density at radius 2 is 1.14 bits per heavy atom. The zero-order valence-corrected chi connectivity index (χ0v) is 14.8. The van der Waals surface area contributed by atoms with Crippen molar-refractivity contribution in [2.24, 2.45) is 9.98 Å². The minimum Gasteiger partial charge on any atom is -0.261 e. The monoisotopic (exact) mass is 326 g/mol. The van der Waals surface area contributed by atoms with E-state index in [4.69, 9.17) is 0 Å². The fourth-order valence-corrected chi connectivity index (χ4v) is 5.06. The van der Waals surface area contributed by atoms with Crippen LogP contribution in [0.2, 0.25) is 0 Å². The van der Waals surface area contributed by atoms with Crippen LogP contribution in [0.3, 0.4) is 0 Å². The van der Waals surface area contributed by atoms with Crippen LogP contribution < -0.4 is 0 Å². The average molecular weight is 326 g/mol. The number of hydrogen-bond donors (Lipinski definition) is 0. The highest BCUT2D eigenvalue weighted by molar-refractivity contribution is 8.76. The van der Waals surface area contributed by atoms with E-state index < -0.39 is 0 Å². The van der Waals surface area contributed by atoms with Gasteiger partial charge in [-0.15, -0.1) is 0 Å². The van der Waals surface area contributed by atoms with E-state index in [2.05, 4.69) is 48.1 Å². The second-order valence-corrected chi connectivity index (χ2v) is 7.42. The molecule has 0 saturated heterocycles. The molecule has 0 atom stereocenters. The van der Waals surface area contributed by atoms with Crippen LogP contribution in [0.1, 0.15) is 25.0 Å². The van der Waals surface area contributed by atoms with E-state index in [-0.39, 0.29) is 0 Å². The number of aryl methyl sites for hydroxylation is 2. The molecule has 0 bridgehead atoms. The predicted molar refractivity (Wildman–Crippen MR) is 101 cm³/mol. The van der Waals surface area contributed by atoms with E-state index in [0.717, 1.165) is 11.4 Å². The molecular weight excluding hydrogens is 308 g/mol. The van der Waals surface area contributed by atoms with Crippen molar-refractivity contribution in [1.82, 2.24) is 0 Å². The van der Waals surface area contributed by atoms with Crippen molar-refractivity contribution in [1.29, 1.82) is 0 Å². The summed E-state index contributed by atoms with van der Waals surface area (Å²) in [5.41, 5.74) is 7.04. The third-order valence-corrected chi connectivity index (χ3v) is 6.09. The van der Waals surface area contributed by atoms with Crippen LogP contribution in [0.5, 0.6) is 0 Å². The molecule has 4 heteroatoms. The molecule has 22 heavy (non-hydrogen) atoms. The Morgan fingerprint density at radius 1 is 0.727 bits per heavy atom. The molecule has 0 amide bonds. The lowest BCUT2D eigenvalue weighted by molar-refractivity contribution is 1.28. The van der Waals surface area contributed by atoms with E-state index in [1.54, 1.807) is 0 Å². The molecule has 0 unspecified atom stereocenters. The van der Waals surface area contributed by atoms with Gasteiger partial charge < -0.3 is 0 Å². The summed E-state index contributed by atoms with van der Waals surface area (Å²) in [6.45, 7) is 8.14. The van der Waals surface area contributed by atoms with Gasteiger partial charge in [0.05, 0.1) is 11.4 Å². The van der Waals surface area contributed by atoms with Gasteiger partial charge in [0.25, 0.3) is 0 Å². The van der Waals surface area contributed by atoms with Crippen LogP contribution >= 0.6 is 21.6 Å². The van der Waals surface area contributed by atoms with Crippen LogP contribution in [0.4, 0.5) is 11.4 Å². The zero-order valence-electron chi connectivity index (χ0n) is 13.2. The van der Waals surface area contributed by atoms with Crippen LogP contribution in [0.25, 0.3) is 11.1 Å². The van der Waals surface area contributed by atoms with E-state index >= 15 is 0 Å². The number of aliphatic imine (C=N–C) groups is 2. The largest absolute Gasteiger partial charge is 0.261 e. The maximum atomic E-state index is 4.49. The predicted octanol–water partition coefficient (Wildman–Crippen LogP) is 6.53. The van der Waals surface area contributed by atoms with E-state index in [1.807, 2.05) is 47.9 Å². The van der Waals surface area contributed by atoms with Crippen molar-refractivity contribution in [3.63, 3.8) is 0 Å². The van der Waals surface area contributed by atoms with Gasteiger partial charge in [0.2, 0.25) is 0 Å². The summed E-state index contributed by atoms with van der Waals surface area (Å²) < 4.78 is 0. The second kappa shape index (κ2) is 6.31. The highest BCUT2D eigenvalue weighted by Gasteiger charge is 2.20. The average Bonchev–Trinajstić information content (AvgIpc) is 2.50. The van der Waals surface area contributed by atoms with Gasteiger partial charge in [-0.3, -0.25) is 9.98 Å². The van der Waals surface area contributed by atoms with Gasteiger partial charge in [0, 0.05) is 22.2 Å². The Balaban J connectivity index is 2.23. The maximum absolute atomic E-state index is 4.49. The Morgan fingerprint density at radius 3 is 1.50 bits per heavy atom. The Bertz CT molecular complexity index is 725. The van der Waals surface area contributed by atoms with Crippen LogP contribution in [0.15, 0.2) is 44.0 Å². The lowest BCUT2D eigenvalue weighted by Gasteiger charge is -2.21. The molecule has 3 rings (SSSR count). The molecular formula is C18H18N2S2. The Hall–Kier alpha value is -1.52. The molecule has 2 aromatic carbocycles. The van der Waals surface area contributed by atoms with E-state index in [9.17, 15) is 0 Å². The molecule has 2 nitrogen and oxygen atoms in total. The second-order valence-electron chi connectivity index (χ2n) is 5.21. The quantitative estimate of drug-likeness (QED) is 0.463. The highest BCUT2D eigenvalue weighted by Crippen LogP contribution is 2.53. The van der Waals surface area contributed by atoms with Gasteiger partial charge in [-0.05, 0) is 74.2 Å². The van der Waals surface area contributed by atoms with Gasteiger partial charge in [-0.25, -0.2) is 0 Å². The summed E-state index contributed by atoms with van der Waals surface area (Å²) in [5.74, 6) is 0. The SMILES string of the molecule is CC=Nc1cc2c(cc1C)SSc1cc(C)c(N=CC)cc1-2. The number of nitrogens with zero attached hydrogens (tertiary/aromatic N) is 2. The molecule has 0 saturated carbocycles. The van der Waals surface area contributed by atoms with Crippen LogP contribution in [-0.4, -0.2) is 12.4 Å². The van der Waals surface area contributed by atoms with Crippen molar-refractivity contribution in [2.45, 2.75) is 37.5 Å². The molecule has 1 aliphatic rings. The molecule has 1 heterocycles. The fourth-order valence-electron chi connectivity index (χ4n) is 2.55. The first-order valence-corrected chi connectivity index (χ1v) is 9.40. The zero-order chi connectivity index (χ0) is 15.7. The molecule has 0 aromatic heterocycles. The smallest absolute Gasteiger partial charge is 0.0661 e. The molecule has 2 aromatic rings. The number of hydrogen-bond acceptors (Lipinski definition) is 4. The minimum absolute atomic E-state index is 1.04. The number of fused-ring (bicyclic) bond motifs is 3. The third kappa shape index (κ3) is 2.73. The fraction of sp³-hybridized carbons (Fsp3) is 0.222. The molecule has 112 valence electrons. The van der Waals surface area contributed by atoms with E-state index in [0.29, 0.717) is 0 Å². The summed E-state index contributed by atoms with van der Waals surface area (Å²) in [4.78, 5) is 11.6. The van der Waals surface area contributed by atoms with Gasteiger partial charge in [-0.1, -0.05) is 21.6 Å². The van der Waals surface area contributed by atoms with Gasteiger partial charge in [0.15, 0.2) is 0 Å². The highest BCUT2D eigenvalue weighted by atomic mass is 33.1. The third-order valence-electron chi connectivity index (χ3n) is 3.64. The van der Waals surface area contributed by atoms with Crippen molar-refractivity contribution < 1.29 is 0 Å². The first-order valence-electron chi connectivity index (χ1n) is 7.25. The summed E-state index contributed by atoms with van der Waals surface area (Å²) in [6.07, 6.45) is 3.70. The van der Waals surface area contributed by atoms with Crippen molar-refractivity contribution in [2.75, 3.05) is 0 Å². The van der Waals surface area contributed by atoms with Crippen molar-refractivity contribution in [3.8, 4) is 11.1 Å². The van der Waals surface area contributed by atoms with Crippen molar-refractivity contribution >= 4 is 45.4 Å². The molecule has 0 fully saturated rings. The maximum Gasteiger partial charge on any atom is 0.0661 e. The Kier molecular flexibility index (Phi) is 4.41. The molecule has 0 radical (unpaired) electrons. The molecule has 0 aliphatic carbocycles. The van der Waals surface area contributed by atoms with Gasteiger partial charge in [-0.2, -0.15) is 0 Å². The minimum atomic E-state index is 1.04. The normalized spacial score (nSPS) is 13.6. The molecule has 0 N–H and O–H groups in total.